The number of aromatic amines is 1. The molecular formula is C16H7ClFN5O. The minimum atomic E-state index is -0.691. The van der Waals surface area contributed by atoms with Crippen molar-refractivity contribution >= 4 is 34.0 Å². The Kier molecular flexibility index (Phi) is 3.64. The maximum absolute atomic E-state index is 13.4. The van der Waals surface area contributed by atoms with Crippen molar-refractivity contribution in [3.05, 3.63) is 57.5 Å². The van der Waals surface area contributed by atoms with Crippen molar-refractivity contribution in [3.8, 4) is 12.1 Å². The average Bonchev–Trinajstić information content (AvgIpc) is 2.97. The number of hydrogen-bond acceptors (Lipinski definition) is 5. The molecule has 0 saturated heterocycles. The molecule has 0 bridgehead atoms. The van der Waals surface area contributed by atoms with Gasteiger partial charge < -0.3 is 5.73 Å². The average molecular weight is 340 g/mol. The highest BCUT2D eigenvalue weighted by atomic mass is 35.5. The molecule has 1 heterocycles. The normalized spacial score (nSPS) is 10.3. The number of nitrogens with one attached hydrogen (secondary N) is 1. The smallest absolute Gasteiger partial charge is 0.198 e. The van der Waals surface area contributed by atoms with E-state index in [2.05, 4.69) is 10.2 Å². The molecule has 8 heteroatoms. The van der Waals surface area contributed by atoms with Gasteiger partial charge in [-0.25, -0.2) is 4.39 Å². The van der Waals surface area contributed by atoms with Crippen LogP contribution in [0, 0.1) is 28.5 Å². The lowest BCUT2D eigenvalue weighted by Gasteiger charge is -2.09. The fourth-order valence-corrected chi connectivity index (χ4v) is 2.63. The summed E-state index contributed by atoms with van der Waals surface area (Å²) in [7, 11) is 0. The van der Waals surface area contributed by atoms with Gasteiger partial charge in [0.25, 0.3) is 0 Å². The molecule has 0 saturated carbocycles. The van der Waals surface area contributed by atoms with Crippen LogP contribution in [0.5, 0.6) is 0 Å². The predicted octanol–water partition coefficient (Wildman–Crippen LogP) is 2.91. The van der Waals surface area contributed by atoms with Crippen LogP contribution in [0.4, 0.5) is 10.1 Å². The summed E-state index contributed by atoms with van der Waals surface area (Å²) >= 11 is 5.96. The largest absolute Gasteiger partial charge is 0.398 e. The number of nitrogen functional groups attached to an aromatic ring is 1. The molecule has 0 atom stereocenters. The van der Waals surface area contributed by atoms with Crippen LogP contribution < -0.4 is 5.73 Å². The Balaban J connectivity index is 2.32. The number of hydrogen-bond donors (Lipinski definition) is 2. The maximum atomic E-state index is 13.4. The van der Waals surface area contributed by atoms with Crippen molar-refractivity contribution in [2.24, 2.45) is 0 Å². The van der Waals surface area contributed by atoms with E-state index < -0.39 is 11.6 Å². The van der Waals surface area contributed by atoms with E-state index in [-0.39, 0.29) is 38.6 Å². The number of anilines is 1. The van der Waals surface area contributed by atoms with Gasteiger partial charge >= 0.3 is 0 Å². The Morgan fingerprint density at radius 3 is 2.71 bits per heavy atom. The highest BCUT2D eigenvalue weighted by Crippen LogP contribution is 2.31. The summed E-state index contributed by atoms with van der Waals surface area (Å²) in [5.74, 6) is -1.34. The SMILES string of the molecule is N#Cc1n[nH]c2c(C#N)c(C(=O)c3cc(F)ccc3Cl)c(N)cc12. The Morgan fingerprint density at radius 1 is 1.29 bits per heavy atom. The van der Waals surface area contributed by atoms with Crippen LogP contribution in [0.2, 0.25) is 5.02 Å². The molecule has 24 heavy (non-hydrogen) atoms. The van der Waals surface area contributed by atoms with E-state index in [0.29, 0.717) is 5.39 Å². The molecule has 6 nitrogen and oxygen atoms in total. The standard InChI is InChI=1S/C16H7ClFN5O/c17-11-2-1-7(18)3-8(11)16(24)14-10(5-19)15-9(4-12(14)21)13(6-20)22-23-15/h1-4H,21H2,(H,22,23). The molecule has 0 aliphatic rings. The van der Waals surface area contributed by atoms with Crippen molar-refractivity contribution < 1.29 is 9.18 Å². The summed E-state index contributed by atoms with van der Waals surface area (Å²) in [6.45, 7) is 0. The topological polar surface area (TPSA) is 119 Å². The van der Waals surface area contributed by atoms with Crippen LogP contribution in [0.25, 0.3) is 10.9 Å². The Hall–Kier alpha value is -3.42. The third kappa shape index (κ3) is 2.24. The van der Waals surface area contributed by atoms with Gasteiger partial charge in [0.15, 0.2) is 11.5 Å². The fourth-order valence-electron chi connectivity index (χ4n) is 2.43. The summed E-state index contributed by atoms with van der Waals surface area (Å²) in [5.41, 5.74) is 5.84. The fraction of sp³-hybridized carbons (Fsp3) is 0. The lowest BCUT2D eigenvalue weighted by Crippen LogP contribution is -2.10. The summed E-state index contributed by atoms with van der Waals surface area (Å²) in [5, 5.41) is 25.2. The number of halogens is 2. The molecule has 0 aliphatic heterocycles. The highest BCUT2D eigenvalue weighted by molar-refractivity contribution is 6.35. The van der Waals surface area contributed by atoms with Crippen LogP contribution in [-0.2, 0) is 0 Å². The molecule has 116 valence electrons. The number of ketones is 1. The molecule has 3 rings (SSSR count). The van der Waals surface area contributed by atoms with E-state index in [1.807, 2.05) is 12.1 Å². The van der Waals surface area contributed by atoms with Crippen molar-refractivity contribution in [1.82, 2.24) is 10.2 Å². The predicted molar refractivity (Wildman–Crippen MR) is 84.8 cm³/mol. The van der Waals surface area contributed by atoms with Crippen LogP contribution >= 0.6 is 11.6 Å². The molecule has 1 aromatic heterocycles. The molecule has 0 radical (unpaired) electrons. The van der Waals surface area contributed by atoms with Gasteiger partial charge in [0.1, 0.15) is 18.0 Å². The van der Waals surface area contributed by atoms with Crippen LogP contribution in [0.1, 0.15) is 27.2 Å². The van der Waals surface area contributed by atoms with Gasteiger partial charge in [0.2, 0.25) is 0 Å². The lowest BCUT2D eigenvalue weighted by atomic mass is 9.94. The molecule has 0 unspecified atom stereocenters. The first-order chi connectivity index (χ1) is 11.5. The van der Waals surface area contributed by atoms with E-state index >= 15 is 0 Å². The summed E-state index contributed by atoms with van der Waals surface area (Å²) < 4.78 is 13.4. The van der Waals surface area contributed by atoms with Crippen molar-refractivity contribution in [2.75, 3.05) is 5.73 Å². The first-order valence-corrected chi connectivity index (χ1v) is 6.96. The van der Waals surface area contributed by atoms with Gasteiger partial charge in [-0.1, -0.05) is 11.6 Å². The van der Waals surface area contributed by atoms with Gasteiger partial charge in [-0.2, -0.15) is 15.6 Å². The monoisotopic (exact) mass is 339 g/mol. The Labute approximate surface area is 139 Å². The summed E-state index contributed by atoms with van der Waals surface area (Å²) in [6, 6.07) is 8.46. The first kappa shape index (κ1) is 15.5. The molecule has 3 aromatic rings. The number of aromatic nitrogens is 2. The number of carbonyl (C=O) groups is 1. The second-order valence-corrected chi connectivity index (χ2v) is 5.29. The van der Waals surface area contributed by atoms with Crippen LogP contribution in [0.15, 0.2) is 24.3 Å². The molecule has 2 aromatic carbocycles. The van der Waals surface area contributed by atoms with E-state index in [4.69, 9.17) is 22.6 Å². The van der Waals surface area contributed by atoms with Gasteiger partial charge in [-0.15, -0.1) is 0 Å². The minimum absolute atomic E-state index is 0.0257. The first-order valence-electron chi connectivity index (χ1n) is 6.58. The van der Waals surface area contributed by atoms with Crippen LogP contribution in [0.3, 0.4) is 0 Å². The zero-order chi connectivity index (χ0) is 17.4. The molecule has 0 amide bonds. The number of fused-ring (bicyclic) bond motifs is 1. The number of nitrogens with two attached hydrogens (primary N) is 1. The van der Waals surface area contributed by atoms with E-state index in [1.165, 1.54) is 12.1 Å². The minimum Gasteiger partial charge on any atom is -0.398 e. The molecule has 0 spiro atoms. The van der Waals surface area contributed by atoms with Gasteiger partial charge in [0.05, 0.1) is 21.7 Å². The van der Waals surface area contributed by atoms with Crippen LogP contribution in [-0.4, -0.2) is 16.0 Å². The van der Waals surface area contributed by atoms with Gasteiger partial charge in [-0.3, -0.25) is 9.89 Å². The zero-order valence-electron chi connectivity index (χ0n) is 11.9. The number of rotatable bonds is 2. The van der Waals surface area contributed by atoms with Gasteiger partial charge in [-0.05, 0) is 24.3 Å². The quantitative estimate of drug-likeness (QED) is 0.549. The van der Waals surface area contributed by atoms with Crippen molar-refractivity contribution in [1.29, 1.82) is 10.5 Å². The number of H-pyrrole nitrogens is 1. The number of carbonyl (C=O) groups excluding carboxylic acids is 1. The highest BCUT2D eigenvalue weighted by Gasteiger charge is 2.24. The molecule has 3 N–H and O–H groups in total. The van der Waals surface area contributed by atoms with Crippen molar-refractivity contribution in [3.63, 3.8) is 0 Å². The zero-order valence-corrected chi connectivity index (χ0v) is 12.6. The Morgan fingerprint density at radius 2 is 2.04 bits per heavy atom. The molecular weight excluding hydrogens is 333 g/mol. The second-order valence-electron chi connectivity index (χ2n) is 4.89. The van der Waals surface area contributed by atoms with E-state index in [0.717, 1.165) is 12.1 Å². The van der Waals surface area contributed by atoms with Gasteiger partial charge in [0, 0.05) is 16.6 Å². The van der Waals surface area contributed by atoms with Crippen molar-refractivity contribution in [2.45, 2.75) is 0 Å². The third-order valence-electron chi connectivity index (χ3n) is 3.51. The molecule has 0 aliphatic carbocycles. The maximum Gasteiger partial charge on any atom is 0.198 e. The van der Waals surface area contributed by atoms with E-state index in [1.54, 1.807) is 0 Å². The number of nitrogens with zero attached hydrogens (tertiary/aromatic N) is 3. The third-order valence-corrected chi connectivity index (χ3v) is 3.84. The van der Waals surface area contributed by atoms with E-state index in [9.17, 15) is 14.4 Å². The lowest BCUT2D eigenvalue weighted by molar-refractivity contribution is 0.103. The number of benzene rings is 2. The molecule has 0 fully saturated rings. The Bertz CT molecular complexity index is 1090. The summed E-state index contributed by atoms with van der Waals surface area (Å²) in [6.07, 6.45) is 0. The number of nitriles is 2. The summed E-state index contributed by atoms with van der Waals surface area (Å²) in [4.78, 5) is 12.8. The second kappa shape index (κ2) is 5.65.